The summed E-state index contributed by atoms with van der Waals surface area (Å²) in [5.74, 6) is -1.22. The smallest absolute Gasteiger partial charge is 0.260 e. The van der Waals surface area contributed by atoms with Gasteiger partial charge in [-0.25, -0.2) is 9.97 Å². The quantitative estimate of drug-likeness (QED) is 0.584. The molecule has 0 aliphatic carbocycles. The third kappa shape index (κ3) is 3.32. The van der Waals surface area contributed by atoms with Gasteiger partial charge >= 0.3 is 6.18 Å². The predicted octanol–water partition coefficient (Wildman–Crippen LogP) is 3.88. The molecular weight excluding hydrogens is 319 g/mol. The molecule has 0 saturated heterocycles. The van der Waals surface area contributed by atoms with Gasteiger partial charge in [0.15, 0.2) is 5.82 Å². The van der Waals surface area contributed by atoms with Crippen LogP contribution in [0.3, 0.4) is 0 Å². The van der Waals surface area contributed by atoms with Gasteiger partial charge in [0.1, 0.15) is 0 Å². The minimum atomic E-state index is -4.64. The summed E-state index contributed by atoms with van der Waals surface area (Å²) in [7, 11) is 0. The van der Waals surface area contributed by atoms with E-state index in [0.717, 1.165) is 0 Å². The highest BCUT2D eigenvalue weighted by Gasteiger charge is 2.35. The lowest BCUT2D eigenvalue weighted by molar-refractivity contribution is -0.144. The van der Waals surface area contributed by atoms with Crippen LogP contribution in [0.25, 0.3) is 10.9 Å². The Hall–Kier alpha value is -3.03. The Labute approximate surface area is 135 Å². The molecule has 0 radical (unpaired) electrons. The monoisotopic (exact) mass is 331 g/mol. The number of pyridine rings is 1. The second-order valence-corrected chi connectivity index (χ2v) is 4.93. The maximum Gasteiger partial charge on any atom is 0.451 e. The van der Waals surface area contributed by atoms with Crippen LogP contribution in [0.15, 0.2) is 53.8 Å². The number of alkyl halides is 3. The normalized spacial score (nSPS) is 12.4. The number of hydrogen-bond acceptors (Lipinski definition) is 5. The fourth-order valence-electron chi connectivity index (χ4n) is 2.06. The first-order chi connectivity index (χ1) is 11.4. The molecule has 0 bridgehead atoms. The summed E-state index contributed by atoms with van der Waals surface area (Å²) in [4.78, 5) is 11.2. The van der Waals surface area contributed by atoms with Gasteiger partial charge in [0, 0.05) is 11.6 Å². The summed E-state index contributed by atoms with van der Waals surface area (Å²) in [6, 6.07) is 11.7. The summed E-state index contributed by atoms with van der Waals surface area (Å²) >= 11 is 0. The second kappa shape index (κ2) is 6.23. The molecule has 0 saturated carbocycles. The zero-order valence-corrected chi connectivity index (χ0v) is 12.5. The van der Waals surface area contributed by atoms with E-state index in [9.17, 15) is 13.2 Å². The molecule has 3 rings (SSSR count). The highest BCUT2D eigenvalue weighted by atomic mass is 19.4. The molecular formula is C16H12F3N5. The third-order valence-corrected chi connectivity index (χ3v) is 3.22. The molecule has 0 unspecified atom stereocenters. The van der Waals surface area contributed by atoms with Crippen LogP contribution in [0, 0.1) is 0 Å². The van der Waals surface area contributed by atoms with Crippen LogP contribution in [-0.4, -0.2) is 20.7 Å². The van der Waals surface area contributed by atoms with Crippen LogP contribution in [0.1, 0.15) is 18.4 Å². The molecule has 0 aliphatic rings. The van der Waals surface area contributed by atoms with Crippen molar-refractivity contribution in [1.29, 1.82) is 0 Å². The van der Waals surface area contributed by atoms with Crippen molar-refractivity contribution in [1.82, 2.24) is 15.0 Å². The van der Waals surface area contributed by atoms with E-state index in [-0.39, 0.29) is 11.3 Å². The van der Waals surface area contributed by atoms with Gasteiger partial charge in [-0.1, -0.05) is 18.2 Å². The average molecular weight is 331 g/mol. The van der Waals surface area contributed by atoms with Crippen molar-refractivity contribution in [3.8, 4) is 0 Å². The van der Waals surface area contributed by atoms with Crippen LogP contribution in [-0.2, 0) is 6.18 Å². The van der Waals surface area contributed by atoms with Gasteiger partial charge in [0.05, 0.1) is 16.9 Å². The van der Waals surface area contributed by atoms with Gasteiger partial charge in [-0.2, -0.15) is 18.3 Å². The molecule has 0 amide bonds. The van der Waals surface area contributed by atoms with Gasteiger partial charge < -0.3 is 0 Å². The lowest BCUT2D eigenvalue weighted by Gasteiger charge is -2.10. The van der Waals surface area contributed by atoms with Gasteiger partial charge in [-0.3, -0.25) is 10.4 Å². The highest BCUT2D eigenvalue weighted by molar-refractivity contribution is 5.98. The first-order valence-electron chi connectivity index (χ1n) is 7.01. The second-order valence-electron chi connectivity index (χ2n) is 4.93. The maximum atomic E-state index is 13.0. The summed E-state index contributed by atoms with van der Waals surface area (Å²) in [5.41, 5.74) is 3.91. The summed E-state index contributed by atoms with van der Waals surface area (Å²) in [6.45, 7) is 1.70. The van der Waals surface area contributed by atoms with E-state index in [1.165, 1.54) is 6.07 Å². The van der Waals surface area contributed by atoms with Crippen LogP contribution in [0.5, 0.6) is 0 Å². The molecule has 0 spiro atoms. The molecule has 1 N–H and O–H groups in total. The number of nitrogens with one attached hydrogen (secondary N) is 1. The van der Waals surface area contributed by atoms with Crippen LogP contribution in [0.2, 0.25) is 0 Å². The average Bonchev–Trinajstić information content (AvgIpc) is 2.59. The number of benzene rings is 1. The van der Waals surface area contributed by atoms with Gasteiger partial charge in [0.2, 0.25) is 5.82 Å². The molecule has 8 heteroatoms. The van der Waals surface area contributed by atoms with Crippen LogP contribution < -0.4 is 5.43 Å². The Balaban J connectivity index is 2.02. The number of aromatic nitrogens is 3. The van der Waals surface area contributed by atoms with E-state index in [1.807, 2.05) is 0 Å². The van der Waals surface area contributed by atoms with Crippen molar-refractivity contribution in [2.75, 3.05) is 5.43 Å². The molecule has 5 nitrogen and oxygen atoms in total. The lowest BCUT2D eigenvalue weighted by atomic mass is 10.2. The number of fused-ring (bicyclic) bond motifs is 1. The van der Waals surface area contributed by atoms with Gasteiger partial charge in [0.25, 0.3) is 0 Å². The molecule has 122 valence electrons. The largest absolute Gasteiger partial charge is 0.451 e. The molecule has 0 aliphatic heterocycles. The lowest BCUT2D eigenvalue weighted by Crippen LogP contribution is -2.13. The number of hydrazone groups is 1. The zero-order valence-electron chi connectivity index (χ0n) is 12.5. The van der Waals surface area contributed by atoms with Crippen LogP contribution >= 0.6 is 0 Å². The standard InChI is InChI=1S/C16H12F3N5/c1-10(12-7-4-5-9-20-12)23-24-14-11-6-2-3-8-13(11)21-15(22-14)16(17,18)19/h2-9H,1H3,(H,21,22,24)/b23-10-. The Morgan fingerprint density at radius 3 is 2.50 bits per heavy atom. The molecule has 1 aromatic carbocycles. The fraction of sp³-hybridized carbons (Fsp3) is 0.125. The molecule has 24 heavy (non-hydrogen) atoms. The van der Waals surface area contributed by atoms with E-state index in [2.05, 4.69) is 25.5 Å². The van der Waals surface area contributed by atoms with Crippen molar-refractivity contribution in [3.05, 3.63) is 60.2 Å². The molecule has 0 fully saturated rings. The van der Waals surface area contributed by atoms with Crippen molar-refractivity contribution in [2.45, 2.75) is 13.1 Å². The van der Waals surface area contributed by atoms with E-state index in [4.69, 9.17) is 0 Å². The molecule has 0 atom stereocenters. The topological polar surface area (TPSA) is 63.1 Å². The van der Waals surface area contributed by atoms with Gasteiger partial charge in [-0.05, 0) is 31.2 Å². The van der Waals surface area contributed by atoms with Crippen molar-refractivity contribution in [2.24, 2.45) is 5.10 Å². The predicted molar refractivity (Wildman–Crippen MR) is 84.6 cm³/mol. The van der Waals surface area contributed by atoms with Gasteiger partial charge in [-0.15, -0.1) is 0 Å². The van der Waals surface area contributed by atoms with Crippen molar-refractivity contribution < 1.29 is 13.2 Å². The number of rotatable bonds is 3. The minimum Gasteiger partial charge on any atom is -0.260 e. The Morgan fingerprint density at radius 2 is 1.79 bits per heavy atom. The van der Waals surface area contributed by atoms with E-state index >= 15 is 0 Å². The van der Waals surface area contributed by atoms with Crippen LogP contribution in [0.4, 0.5) is 19.0 Å². The number of anilines is 1. The highest BCUT2D eigenvalue weighted by Crippen LogP contribution is 2.30. The SMILES string of the molecule is C/C(=N/Nc1nc(C(F)(F)F)nc2ccccc12)c1ccccn1. The minimum absolute atomic E-state index is 0.0109. The van der Waals surface area contributed by atoms with E-state index in [1.54, 1.807) is 49.5 Å². The first kappa shape index (κ1) is 15.9. The van der Waals surface area contributed by atoms with Crippen molar-refractivity contribution in [3.63, 3.8) is 0 Å². The summed E-state index contributed by atoms with van der Waals surface area (Å²) in [6.07, 6.45) is -3.03. The third-order valence-electron chi connectivity index (χ3n) is 3.22. The van der Waals surface area contributed by atoms with E-state index in [0.29, 0.717) is 16.8 Å². The summed E-state index contributed by atoms with van der Waals surface area (Å²) < 4.78 is 38.9. The maximum absolute atomic E-state index is 13.0. The Bertz CT molecular complexity index is 891. The number of para-hydroxylation sites is 1. The Morgan fingerprint density at radius 1 is 1.04 bits per heavy atom. The number of halogens is 3. The number of hydrogen-bond donors (Lipinski definition) is 1. The zero-order chi connectivity index (χ0) is 17.2. The number of nitrogens with zero attached hydrogens (tertiary/aromatic N) is 4. The molecule has 3 aromatic rings. The first-order valence-corrected chi connectivity index (χ1v) is 7.01. The van der Waals surface area contributed by atoms with E-state index < -0.39 is 12.0 Å². The fourth-order valence-corrected chi connectivity index (χ4v) is 2.06. The summed E-state index contributed by atoms with van der Waals surface area (Å²) in [5, 5.41) is 4.53. The molecule has 2 heterocycles. The Kier molecular flexibility index (Phi) is 4.11. The molecule has 2 aromatic heterocycles. The van der Waals surface area contributed by atoms with Crippen molar-refractivity contribution >= 4 is 22.4 Å².